The van der Waals surface area contributed by atoms with Crippen LogP contribution in [0.1, 0.15) is 94.2 Å². The van der Waals surface area contributed by atoms with Crippen molar-refractivity contribution >= 4 is 29.3 Å². The standard InChI is InChI=1S/C35H50FN7O4/c1-7-29(44)39-31(35(47)42-17-15-25(19-42)41(5)6)21(4)24-12-13-27(26(36)18-24)38-34(46)32(30(22-8-9-22)23-10-11-23)40-33(45)28-14-16-37-43(28)20(2)3/h12-14,16,18,20-23,25,30-32H,7-11,15,17,19H2,1-6H3,(H,38,46)(H,39,44)(H,40,45). The van der Waals surface area contributed by atoms with Gasteiger partial charge in [-0.3, -0.25) is 23.9 Å². The van der Waals surface area contributed by atoms with Crippen LogP contribution >= 0.6 is 0 Å². The summed E-state index contributed by atoms with van der Waals surface area (Å²) in [5.74, 6) is -1.79. The number of carbonyl (C=O) groups is 4. The highest BCUT2D eigenvalue weighted by Crippen LogP contribution is 2.51. The van der Waals surface area contributed by atoms with Crippen molar-refractivity contribution < 1.29 is 23.6 Å². The van der Waals surface area contributed by atoms with Gasteiger partial charge in [-0.25, -0.2) is 4.39 Å². The van der Waals surface area contributed by atoms with Crippen molar-refractivity contribution in [2.24, 2.45) is 17.8 Å². The number of hydrogen-bond donors (Lipinski definition) is 3. The molecule has 0 bridgehead atoms. The summed E-state index contributed by atoms with van der Waals surface area (Å²) in [4.78, 5) is 57.3. The highest BCUT2D eigenvalue weighted by molar-refractivity contribution is 6.01. The zero-order chi connectivity index (χ0) is 34.0. The van der Waals surface area contributed by atoms with Crippen LogP contribution in [0.3, 0.4) is 0 Å². The molecule has 1 aromatic heterocycles. The zero-order valence-electron chi connectivity index (χ0n) is 28.5. The summed E-state index contributed by atoms with van der Waals surface area (Å²) in [6, 6.07) is 4.65. The van der Waals surface area contributed by atoms with Crippen molar-refractivity contribution in [3.05, 3.63) is 47.5 Å². The molecule has 3 aliphatic rings. The van der Waals surface area contributed by atoms with Gasteiger partial charge in [0.1, 0.15) is 23.6 Å². The molecule has 2 aromatic rings. The van der Waals surface area contributed by atoms with E-state index in [1.165, 1.54) is 12.1 Å². The molecule has 1 aromatic carbocycles. The summed E-state index contributed by atoms with van der Waals surface area (Å²) in [5, 5.41) is 12.9. The smallest absolute Gasteiger partial charge is 0.270 e. The number of aromatic nitrogens is 2. The number of hydrogen-bond acceptors (Lipinski definition) is 6. The van der Waals surface area contributed by atoms with E-state index in [1.807, 2.05) is 27.9 Å². The molecule has 2 aliphatic carbocycles. The predicted octanol–water partition coefficient (Wildman–Crippen LogP) is 3.94. The molecule has 2 saturated carbocycles. The first-order chi connectivity index (χ1) is 22.4. The molecule has 0 radical (unpaired) electrons. The van der Waals surface area contributed by atoms with Crippen LogP contribution in [0.25, 0.3) is 0 Å². The fourth-order valence-electron chi connectivity index (χ4n) is 6.90. The lowest BCUT2D eigenvalue weighted by Gasteiger charge is -2.30. The Morgan fingerprint density at radius 2 is 1.66 bits per heavy atom. The van der Waals surface area contributed by atoms with E-state index in [0.29, 0.717) is 36.2 Å². The molecule has 3 N–H and O–H groups in total. The van der Waals surface area contributed by atoms with Crippen LogP contribution < -0.4 is 16.0 Å². The van der Waals surface area contributed by atoms with Gasteiger partial charge in [0.15, 0.2) is 0 Å². The van der Waals surface area contributed by atoms with Gasteiger partial charge in [-0.05, 0) is 102 Å². The summed E-state index contributed by atoms with van der Waals surface area (Å²) in [6.07, 6.45) is 6.66. The van der Waals surface area contributed by atoms with Gasteiger partial charge in [0.25, 0.3) is 5.91 Å². The van der Waals surface area contributed by atoms with Crippen LogP contribution in [0.5, 0.6) is 0 Å². The largest absolute Gasteiger partial charge is 0.344 e. The molecule has 4 unspecified atom stereocenters. The molecule has 4 atom stereocenters. The lowest BCUT2D eigenvalue weighted by Crippen LogP contribution is -2.51. The van der Waals surface area contributed by atoms with Crippen LogP contribution in [-0.2, 0) is 14.4 Å². The van der Waals surface area contributed by atoms with Gasteiger partial charge in [-0.2, -0.15) is 5.10 Å². The highest BCUT2D eigenvalue weighted by Gasteiger charge is 2.48. The Bertz CT molecular complexity index is 1460. The van der Waals surface area contributed by atoms with Gasteiger partial charge in [0.2, 0.25) is 17.7 Å². The fraction of sp³-hybridized carbons (Fsp3) is 0.629. The second kappa shape index (κ2) is 14.5. The Morgan fingerprint density at radius 1 is 0.979 bits per heavy atom. The van der Waals surface area contributed by atoms with E-state index in [-0.39, 0.29) is 47.8 Å². The predicted molar refractivity (Wildman–Crippen MR) is 177 cm³/mol. The lowest BCUT2D eigenvalue weighted by atomic mass is 9.88. The molecule has 12 heteroatoms. The molecular weight excluding hydrogens is 601 g/mol. The second-order valence-corrected chi connectivity index (χ2v) is 14.1. The lowest BCUT2D eigenvalue weighted by molar-refractivity contribution is -0.136. The number of halogens is 1. The van der Waals surface area contributed by atoms with E-state index in [9.17, 15) is 19.2 Å². The second-order valence-electron chi connectivity index (χ2n) is 14.1. The molecule has 256 valence electrons. The van der Waals surface area contributed by atoms with Crippen LogP contribution in [0.4, 0.5) is 10.1 Å². The minimum absolute atomic E-state index is 0.00315. The first-order valence-electron chi connectivity index (χ1n) is 17.1. The summed E-state index contributed by atoms with van der Waals surface area (Å²) < 4.78 is 17.4. The van der Waals surface area contributed by atoms with Crippen molar-refractivity contribution in [3.63, 3.8) is 0 Å². The van der Waals surface area contributed by atoms with Gasteiger partial charge in [-0.15, -0.1) is 0 Å². The molecule has 11 nitrogen and oxygen atoms in total. The first kappa shape index (κ1) is 34.5. The molecule has 2 heterocycles. The minimum Gasteiger partial charge on any atom is -0.344 e. The van der Waals surface area contributed by atoms with Gasteiger partial charge < -0.3 is 25.8 Å². The normalized spacial score (nSPS) is 20.0. The van der Waals surface area contributed by atoms with Crippen LogP contribution in [0, 0.1) is 23.6 Å². The van der Waals surface area contributed by atoms with E-state index >= 15 is 4.39 Å². The van der Waals surface area contributed by atoms with Gasteiger partial charge in [-0.1, -0.05) is 19.9 Å². The maximum absolute atomic E-state index is 15.7. The SMILES string of the molecule is CCC(=O)NC(C(=O)N1CCC(N(C)C)C1)C(C)c1ccc(NC(=O)C(NC(=O)c2ccnn2C(C)C)C(C2CC2)C2CC2)c(F)c1. The molecule has 3 fully saturated rings. The summed E-state index contributed by atoms with van der Waals surface area (Å²) >= 11 is 0. The number of likely N-dealkylation sites (N-methyl/N-ethyl adjacent to an activating group) is 1. The maximum atomic E-state index is 15.7. The van der Waals surface area contributed by atoms with Gasteiger partial charge in [0, 0.05) is 43.7 Å². The summed E-state index contributed by atoms with van der Waals surface area (Å²) in [5.41, 5.74) is 0.897. The van der Waals surface area contributed by atoms with E-state index in [1.54, 1.807) is 41.8 Å². The molecular formula is C35H50FN7O4. The van der Waals surface area contributed by atoms with Crippen molar-refractivity contribution in [1.82, 2.24) is 30.2 Å². The van der Waals surface area contributed by atoms with Gasteiger partial charge in [0.05, 0.1) is 5.69 Å². The Kier molecular flexibility index (Phi) is 10.7. The van der Waals surface area contributed by atoms with Crippen molar-refractivity contribution in [2.45, 2.75) is 96.3 Å². The van der Waals surface area contributed by atoms with E-state index in [4.69, 9.17) is 0 Å². The number of carbonyl (C=O) groups excluding carboxylic acids is 4. The average molecular weight is 652 g/mol. The topological polar surface area (TPSA) is 129 Å². The first-order valence-corrected chi connectivity index (χ1v) is 17.1. The Morgan fingerprint density at radius 3 is 2.21 bits per heavy atom. The Hall–Kier alpha value is -3.80. The van der Waals surface area contributed by atoms with E-state index in [2.05, 4.69) is 25.9 Å². The number of amides is 4. The van der Waals surface area contributed by atoms with Crippen molar-refractivity contribution in [2.75, 3.05) is 32.5 Å². The number of benzene rings is 1. The third-order valence-electron chi connectivity index (χ3n) is 10.1. The maximum Gasteiger partial charge on any atom is 0.270 e. The monoisotopic (exact) mass is 651 g/mol. The van der Waals surface area contributed by atoms with Gasteiger partial charge >= 0.3 is 0 Å². The third-order valence-corrected chi connectivity index (χ3v) is 10.1. The molecule has 1 saturated heterocycles. The molecule has 4 amide bonds. The minimum atomic E-state index is -0.861. The summed E-state index contributed by atoms with van der Waals surface area (Å²) in [6.45, 7) is 8.54. The average Bonchev–Trinajstić information content (AvgIpc) is 3.95. The zero-order valence-corrected chi connectivity index (χ0v) is 28.5. The van der Waals surface area contributed by atoms with E-state index < -0.39 is 29.7 Å². The van der Waals surface area contributed by atoms with Crippen LogP contribution in [-0.4, -0.2) is 88.5 Å². The molecule has 5 rings (SSSR count). The number of rotatable bonds is 14. The number of likely N-dealkylation sites (tertiary alicyclic amines) is 1. The van der Waals surface area contributed by atoms with E-state index in [0.717, 1.165) is 32.1 Å². The van der Waals surface area contributed by atoms with Crippen LogP contribution in [0.2, 0.25) is 0 Å². The highest BCUT2D eigenvalue weighted by atomic mass is 19.1. The van der Waals surface area contributed by atoms with Crippen molar-refractivity contribution in [1.29, 1.82) is 0 Å². The number of nitrogens with one attached hydrogen (secondary N) is 3. The Labute approximate surface area is 277 Å². The summed E-state index contributed by atoms with van der Waals surface area (Å²) in [7, 11) is 3.97. The molecule has 47 heavy (non-hydrogen) atoms. The number of nitrogens with zero attached hydrogens (tertiary/aromatic N) is 4. The molecule has 1 aliphatic heterocycles. The van der Waals surface area contributed by atoms with Crippen molar-refractivity contribution in [3.8, 4) is 0 Å². The fourth-order valence-corrected chi connectivity index (χ4v) is 6.90. The van der Waals surface area contributed by atoms with Crippen LogP contribution in [0.15, 0.2) is 30.5 Å². The Balaban J connectivity index is 1.34. The quantitative estimate of drug-likeness (QED) is 0.284. The third kappa shape index (κ3) is 8.02. The molecule has 0 spiro atoms. The number of anilines is 1.